The van der Waals surface area contributed by atoms with Crippen molar-refractivity contribution in [1.29, 1.82) is 5.26 Å². The standard InChI is InChI=1S/C24H20Cl2F2N6O3/c1-2-10-36-24(35)30-9-8-16-13-34(33-21(16)15-6-7-19(25)20(26)11-15)23(31-14-29)32-17-4-3-5-18(12-17)37-22(27)28/h2-7,9,11-12,16,22H,1,8,10,13H2,(H,31,32). The summed E-state index contributed by atoms with van der Waals surface area (Å²) in [4.78, 5) is 19.8. The van der Waals surface area contributed by atoms with E-state index in [-0.39, 0.29) is 42.9 Å². The number of nitrogens with zero attached hydrogens (tertiary/aromatic N) is 5. The summed E-state index contributed by atoms with van der Waals surface area (Å²) in [7, 11) is 0. The van der Waals surface area contributed by atoms with Crippen LogP contribution in [-0.2, 0) is 4.74 Å². The van der Waals surface area contributed by atoms with Crippen molar-refractivity contribution >= 4 is 52.9 Å². The first-order chi connectivity index (χ1) is 17.8. The van der Waals surface area contributed by atoms with E-state index in [2.05, 4.69) is 31.7 Å². The fraction of sp³-hybridized carbons (Fsp3) is 0.208. The molecule has 0 saturated carbocycles. The largest absolute Gasteiger partial charge is 0.444 e. The lowest BCUT2D eigenvalue weighted by Gasteiger charge is -2.16. The van der Waals surface area contributed by atoms with E-state index in [0.29, 0.717) is 21.3 Å². The topological polar surface area (TPSA) is 112 Å². The number of hydrogen-bond acceptors (Lipinski definition) is 6. The molecular formula is C24H20Cl2F2N6O3. The Morgan fingerprint density at radius 3 is 2.84 bits per heavy atom. The minimum Gasteiger partial charge on any atom is -0.444 e. The maximum Gasteiger partial charge on any atom is 0.433 e. The van der Waals surface area contributed by atoms with E-state index >= 15 is 0 Å². The highest BCUT2D eigenvalue weighted by molar-refractivity contribution is 6.42. The van der Waals surface area contributed by atoms with Gasteiger partial charge in [0.1, 0.15) is 12.4 Å². The van der Waals surface area contributed by atoms with Crippen LogP contribution in [-0.4, -0.2) is 48.8 Å². The maximum absolute atomic E-state index is 12.6. The van der Waals surface area contributed by atoms with E-state index in [1.807, 2.05) is 0 Å². The lowest BCUT2D eigenvalue weighted by molar-refractivity contribution is -0.0498. The molecule has 1 atom stereocenters. The average molecular weight is 549 g/mol. The van der Waals surface area contributed by atoms with Gasteiger partial charge in [-0.25, -0.2) is 14.8 Å². The van der Waals surface area contributed by atoms with Gasteiger partial charge in [-0.3, -0.25) is 5.32 Å². The molecule has 1 N–H and O–H groups in total. The van der Waals surface area contributed by atoms with Crippen LogP contribution in [0.1, 0.15) is 12.0 Å². The van der Waals surface area contributed by atoms with Gasteiger partial charge >= 0.3 is 12.7 Å². The number of carbonyl (C=O) groups excluding carboxylic acids is 1. The van der Waals surface area contributed by atoms with E-state index in [1.165, 1.54) is 35.5 Å². The fourth-order valence-corrected chi connectivity index (χ4v) is 3.59. The van der Waals surface area contributed by atoms with Crippen LogP contribution in [0.4, 0.5) is 19.3 Å². The number of halogens is 4. The number of aliphatic imine (C=N–C) groups is 2. The lowest BCUT2D eigenvalue weighted by Crippen LogP contribution is -2.35. The number of amides is 1. The van der Waals surface area contributed by atoms with Crippen LogP contribution in [0.15, 0.2) is 70.2 Å². The number of benzene rings is 2. The van der Waals surface area contributed by atoms with Gasteiger partial charge in [0, 0.05) is 18.2 Å². The molecule has 1 heterocycles. The molecule has 1 aliphatic heterocycles. The molecule has 0 aliphatic carbocycles. The third-order valence-corrected chi connectivity index (χ3v) is 5.56. The first-order valence-electron chi connectivity index (χ1n) is 10.7. The summed E-state index contributed by atoms with van der Waals surface area (Å²) in [6.07, 6.45) is 4.16. The van der Waals surface area contributed by atoms with Crippen LogP contribution < -0.4 is 10.1 Å². The molecule has 0 fully saturated rings. The average Bonchev–Trinajstić information content (AvgIpc) is 3.28. The molecule has 0 radical (unpaired) electrons. The molecule has 0 aromatic heterocycles. The van der Waals surface area contributed by atoms with E-state index in [4.69, 9.17) is 27.9 Å². The van der Waals surface area contributed by atoms with Gasteiger partial charge in [0.15, 0.2) is 6.19 Å². The molecule has 0 bridgehead atoms. The van der Waals surface area contributed by atoms with Crippen LogP contribution in [0.3, 0.4) is 0 Å². The molecule has 1 unspecified atom stereocenters. The Labute approximate surface area is 221 Å². The predicted octanol–water partition coefficient (Wildman–Crippen LogP) is 5.77. The van der Waals surface area contributed by atoms with Crippen molar-refractivity contribution in [2.75, 3.05) is 13.2 Å². The van der Waals surface area contributed by atoms with Crippen molar-refractivity contribution < 1.29 is 23.0 Å². The number of carbonyl (C=O) groups is 1. The molecule has 1 amide bonds. The van der Waals surface area contributed by atoms with Crippen LogP contribution in [0.2, 0.25) is 10.0 Å². The van der Waals surface area contributed by atoms with Crippen molar-refractivity contribution in [2.24, 2.45) is 21.0 Å². The summed E-state index contributed by atoms with van der Waals surface area (Å²) in [6, 6.07) is 10.7. The third-order valence-electron chi connectivity index (χ3n) is 4.83. The fourth-order valence-electron chi connectivity index (χ4n) is 3.29. The highest BCUT2D eigenvalue weighted by atomic mass is 35.5. The monoisotopic (exact) mass is 548 g/mol. The van der Waals surface area contributed by atoms with Gasteiger partial charge in [0.05, 0.1) is 28.0 Å². The minimum absolute atomic E-state index is 0.0343. The van der Waals surface area contributed by atoms with Crippen molar-refractivity contribution in [3.05, 3.63) is 70.7 Å². The Kier molecular flexibility index (Phi) is 9.94. The van der Waals surface area contributed by atoms with Crippen molar-refractivity contribution in [2.45, 2.75) is 13.0 Å². The smallest absolute Gasteiger partial charge is 0.433 e. The van der Waals surface area contributed by atoms with Gasteiger partial charge in [-0.05, 0) is 36.2 Å². The Hall–Kier alpha value is -4.01. The number of hydrogen-bond donors (Lipinski definition) is 1. The molecule has 0 spiro atoms. The van der Waals surface area contributed by atoms with Crippen molar-refractivity contribution in [1.82, 2.24) is 10.3 Å². The summed E-state index contributed by atoms with van der Waals surface area (Å²) < 4.78 is 34.4. The summed E-state index contributed by atoms with van der Waals surface area (Å²) >= 11 is 12.3. The number of guanidine groups is 1. The second-order valence-corrected chi connectivity index (χ2v) is 8.17. The number of hydrazone groups is 1. The van der Waals surface area contributed by atoms with E-state index in [0.717, 1.165) is 0 Å². The zero-order valence-corrected chi connectivity index (χ0v) is 20.7. The van der Waals surface area contributed by atoms with Crippen molar-refractivity contribution in [3.8, 4) is 11.9 Å². The number of nitriles is 1. The van der Waals surface area contributed by atoms with Crippen LogP contribution in [0, 0.1) is 17.4 Å². The molecule has 192 valence electrons. The Morgan fingerprint density at radius 1 is 1.32 bits per heavy atom. The molecular weight excluding hydrogens is 529 g/mol. The quantitative estimate of drug-likeness (QED) is 0.147. The van der Waals surface area contributed by atoms with Crippen LogP contribution in [0.25, 0.3) is 0 Å². The van der Waals surface area contributed by atoms with Gasteiger partial charge < -0.3 is 9.47 Å². The zero-order chi connectivity index (χ0) is 26.8. The van der Waals surface area contributed by atoms with E-state index < -0.39 is 12.7 Å². The highest BCUT2D eigenvalue weighted by Gasteiger charge is 2.30. The number of ether oxygens (including phenoxy) is 2. The second-order valence-electron chi connectivity index (χ2n) is 7.35. The highest BCUT2D eigenvalue weighted by Crippen LogP contribution is 2.28. The minimum atomic E-state index is -3.00. The molecule has 9 nitrogen and oxygen atoms in total. The van der Waals surface area contributed by atoms with E-state index in [1.54, 1.807) is 30.5 Å². The summed E-state index contributed by atoms with van der Waals surface area (Å²) in [5.41, 5.74) is 1.48. The number of rotatable bonds is 8. The first-order valence-corrected chi connectivity index (χ1v) is 11.5. The normalized spacial score (nSPS) is 15.5. The van der Waals surface area contributed by atoms with Gasteiger partial charge in [-0.1, -0.05) is 48.0 Å². The summed E-state index contributed by atoms with van der Waals surface area (Å²) in [5, 5.41) is 18.5. The summed E-state index contributed by atoms with van der Waals surface area (Å²) in [5.74, 6) is -0.349. The molecule has 2 aromatic carbocycles. The van der Waals surface area contributed by atoms with Gasteiger partial charge in [0.2, 0.25) is 5.96 Å². The zero-order valence-electron chi connectivity index (χ0n) is 19.2. The Bertz CT molecular complexity index is 1280. The molecule has 13 heteroatoms. The van der Waals surface area contributed by atoms with Crippen LogP contribution >= 0.6 is 23.2 Å². The lowest BCUT2D eigenvalue weighted by atomic mass is 9.95. The summed E-state index contributed by atoms with van der Waals surface area (Å²) in [6.45, 7) is 0.747. The third kappa shape index (κ3) is 7.99. The van der Waals surface area contributed by atoms with Gasteiger partial charge in [-0.2, -0.15) is 24.1 Å². The molecule has 3 rings (SSSR count). The van der Waals surface area contributed by atoms with Crippen LogP contribution in [0.5, 0.6) is 5.75 Å². The molecule has 1 aliphatic rings. The Balaban J connectivity index is 1.92. The number of nitrogens with one attached hydrogen (secondary N) is 1. The van der Waals surface area contributed by atoms with Crippen molar-refractivity contribution in [3.63, 3.8) is 0 Å². The first kappa shape index (κ1) is 27.6. The SMILES string of the molecule is C=CCOC(=O)N=CCC1CN(C(=Nc2cccc(OC(F)F)c2)NC#N)N=C1c1ccc(Cl)c(Cl)c1. The van der Waals surface area contributed by atoms with Gasteiger partial charge in [-0.15, -0.1) is 0 Å². The van der Waals surface area contributed by atoms with E-state index in [9.17, 15) is 18.8 Å². The van der Waals surface area contributed by atoms with Gasteiger partial charge in [0.25, 0.3) is 0 Å². The Morgan fingerprint density at radius 2 is 2.14 bits per heavy atom. The molecule has 0 saturated heterocycles. The molecule has 2 aromatic rings. The number of alkyl halides is 2. The second kappa shape index (κ2) is 13.3. The maximum atomic E-state index is 12.6. The molecule has 37 heavy (non-hydrogen) atoms. The predicted molar refractivity (Wildman–Crippen MR) is 137 cm³/mol.